The number of carbonyl (C=O) groups is 4. The van der Waals surface area contributed by atoms with Gasteiger partial charge in [0.1, 0.15) is 22.8 Å². The second kappa shape index (κ2) is 13.1. The van der Waals surface area contributed by atoms with Crippen LogP contribution in [0.4, 0.5) is 22.7 Å². The molecule has 4 heterocycles. The monoisotopic (exact) mass is 619 g/mol. The van der Waals surface area contributed by atoms with Crippen molar-refractivity contribution in [1.82, 2.24) is 23.6 Å². The van der Waals surface area contributed by atoms with Crippen molar-refractivity contribution in [2.45, 2.75) is 6.42 Å². The zero-order chi connectivity index (χ0) is 32.1. The third kappa shape index (κ3) is 7.22. The largest absolute Gasteiger partial charge is 0.388 e. The molecule has 0 fully saturated rings. The number of amides is 4. The van der Waals surface area contributed by atoms with E-state index in [0.717, 1.165) is 0 Å². The molecule has 0 atom stereocenters. The maximum Gasteiger partial charge on any atom is 0.272 e. The standard InChI is InChI=1S/C28H33N11O4S/c1-36-11-16(32-15-44)7-21(36)26(41)34-18-9-23(38(3)13-18)28(43)35-19-10-22(39(4)14-19)27(42)33-17-8-20(37(2)12-17)25(40)31-6-5-24(29)30/h7-15H,5-6H2,1-4H3,(H3,29,30)(H,31,40)(H,32,44)(H,33,42)(H,34,41)(H,35,43). The summed E-state index contributed by atoms with van der Waals surface area (Å²) in [5.41, 5.74) is 9.82. The topological polar surface area (TPSA) is 198 Å². The Morgan fingerprint density at radius 1 is 0.682 bits per heavy atom. The maximum atomic E-state index is 13.1. The first kappa shape index (κ1) is 31.3. The first-order valence-electron chi connectivity index (χ1n) is 13.3. The molecule has 0 saturated carbocycles. The summed E-state index contributed by atoms with van der Waals surface area (Å²) in [4.78, 5) is 51.4. The van der Waals surface area contributed by atoms with Gasteiger partial charge >= 0.3 is 0 Å². The van der Waals surface area contributed by atoms with Gasteiger partial charge < -0.3 is 50.6 Å². The fraction of sp³-hybridized carbons (Fsp3) is 0.214. The van der Waals surface area contributed by atoms with Crippen LogP contribution in [-0.4, -0.2) is 59.8 Å². The molecule has 0 spiro atoms. The van der Waals surface area contributed by atoms with Crippen LogP contribution in [0, 0.1) is 5.41 Å². The number of aryl methyl sites for hydroxylation is 4. The molecule has 0 unspecified atom stereocenters. The minimum absolute atomic E-state index is 0.0284. The van der Waals surface area contributed by atoms with E-state index in [9.17, 15) is 19.2 Å². The number of carbonyl (C=O) groups excluding carboxylic acids is 4. The summed E-state index contributed by atoms with van der Waals surface area (Å²) in [6.45, 7) is 0.221. The summed E-state index contributed by atoms with van der Waals surface area (Å²) < 4.78 is 6.37. The minimum atomic E-state index is -0.448. The van der Waals surface area contributed by atoms with Crippen LogP contribution >= 0.6 is 12.2 Å². The van der Waals surface area contributed by atoms with Gasteiger partial charge in [-0.1, -0.05) is 12.2 Å². The van der Waals surface area contributed by atoms with E-state index in [-0.39, 0.29) is 42.0 Å². The highest BCUT2D eigenvalue weighted by atomic mass is 32.1. The molecule has 0 aliphatic rings. The molecule has 0 bridgehead atoms. The quantitative estimate of drug-likeness (QED) is 0.0716. The van der Waals surface area contributed by atoms with E-state index in [2.05, 4.69) is 26.6 Å². The first-order chi connectivity index (χ1) is 20.9. The van der Waals surface area contributed by atoms with Crippen LogP contribution in [0.15, 0.2) is 49.1 Å². The van der Waals surface area contributed by atoms with Crippen LogP contribution in [0.5, 0.6) is 0 Å². The van der Waals surface area contributed by atoms with Gasteiger partial charge in [0.25, 0.3) is 23.6 Å². The first-order valence-corrected chi connectivity index (χ1v) is 13.7. The lowest BCUT2D eigenvalue weighted by atomic mass is 10.3. The molecule has 4 aromatic heterocycles. The lowest BCUT2D eigenvalue weighted by Crippen LogP contribution is -2.28. The van der Waals surface area contributed by atoms with Gasteiger partial charge in [-0.05, 0) is 24.3 Å². The fourth-order valence-corrected chi connectivity index (χ4v) is 4.64. The highest BCUT2D eigenvalue weighted by Gasteiger charge is 2.19. The normalized spacial score (nSPS) is 10.6. The van der Waals surface area contributed by atoms with Crippen molar-refractivity contribution in [2.24, 2.45) is 33.9 Å². The molecule has 0 aromatic carbocycles. The molecule has 4 aromatic rings. The molecule has 0 radical (unpaired) electrons. The predicted octanol–water partition coefficient (Wildman–Crippen LogP) is 2.22. The van der Waals surface area contributed by atoms with Crippen molar-refractivity contribution in [3.8, 4) is 0 Å². The van der Waals surface area contributed by atoms with Crippen LogP contribution in [-0.2, 0) is 28.2 Å². The summed E-state index contributed by atoms with van der Waals surface area (Å²) in [7, 11) is 6.74. The lowest BCUT2D eigenvalue weighted by molar-refractivity contribution is 0.0944. The van der Waals surface area contributed by atoms with Crippen LogP contribution in [0.2, 0.25) is 0 Å². The Hall–Kier alpha value is -5.64. The number of aromatic nitrogens is 4. The van der Waals surface area contributed by atoms with E-state index in [1.165, 1.54) is 17.6 Å². The van der Waals surface area contributed by atoms with Gasteiger partial charge in [-0.15, -0.1) is 0 Å². The van der Waals surface area contributed by atoms with Crippen LogP contribution in [0.25, 0.3) is 0 Å². The van der Waals surface area contributed by atoms with Crippen molar-refractivity contribution < 1.29 is 19.2 Å². The van der Waals surface area contributed by atoms with Crippen molar-refractivity contribution in [2.75, 3.05) is 27.8 Å². The molecule has 8 N–H and O–H groups in total. The highest BCUT2D eigenvalue weighted by molar-refractivity contribution is 7.79. The summed E-state index contributed by atoms with van der Waals surface area (Å²) >= 11 is 4.79. The number of anilines is 4. The average molecular weight is 620 g/mol. The molecular formula is C28H33N11O4S. The van der Waals surface area contributed by atoms with Gasteiger partial charge in [-0.25, -0.2) is 0 Å². The van der Waals surface area contributed by atoms with E-state index in [0.29, 0.717) is 34.1 Å². The van der Waals surface area contributed by atoms with E-state index in [4.69, 9.17) is 23.4 Å². The Morgan fingerprint density at radius 3 is 1.39 bits per heavy atom. The Morgan fingerprint density at radius 2 is 1.02 bits per heavy atom. The third-order valence-corrected chi connectivity index (χ3v) is 6.75. The van der Waals surface area contributed by atoms with E-state index in [1.54, 1.807) is 83.4 Å². The van der Waals surface area contributed by atoms with E-state index in [1.807, 2.05) is 0 Å². The van der Waals surface area contributed by atoms with Crippen LogP contribution < -0.4 is 32.3 Å². The number of rotatable bonds is 12. The average Bonchev–Trinajstić information content (AvgIpc) is 3.69. The van der Waals surface area contributed by atoms with Crippen molar-refractivity contribution >= 4 is 69.9 Å². The molecule has 0 aliphatic heterocycles. The SMILES string of the molecule is Cn1cc(NC(=O)c2cc(NC(=O)c3cc(NC(=O)c4cc(NC=S)cn4C)cn3C)cn2C)cc1C(=O)NCCC(=N)N. The summed E-state index contributed by atoms with van der Waals surface area (Å²) in [5, 5.41) is 21.1. The molecular weight excluding hydrogens is 586 g/mol. The van der Waals surface area contributed by atoms with Gasteiger partial charge in [0, 0.05) is 65.9 Å². The molecule has 16 heteroatoms. The Balaban J connectivity index is 1.39. The number of hydrogen-bond acceptors (Lipinski definition) is 6. The molecule has 44 heavy (non-hydrogen) atoms. The third-order valence-electron chi connectivity index (χ3n) is 6.63. The minimum Gasteiger partial charge on any atom is -0.388 e. The Bertz CT molecular complexity index is 1770. The number of nitrogens with two attached hydrogens (primary N) is 1. The van der Waals surface area contributed by atoms with Crippen molar-refractivity contribution in [1.29, 1.82) is 5.41 Å². The van der Waals surface area contributed by atoms with Gasteiger partial charge in [-0.2, -0.15) is 0 Å². The van der Waals surface area contributed by atoms with Crippen LogP contribution in [0.3, 0.4) is 0 Å². The van der Waals surface area contributed by atoms with Crippen molar-refractivity contribution in [3.63, 3.8) is 0 Å². The molecule has 4 amide bonds. The van der Waals surface area contributed by atoms with E-state index >= 15 is 0 Å². The van der Waals surface area contributed by atoms with Gasteiger partial charge in [0.2, 0.25) is 0 Å². The second-order valence-corrected chi connectivity index (χ2v) is 10.3. The predicted molar refractivity (Wildman–Crippen MR) is 172 cm³/mol. The van der Waals surface area contributed by atoms with Gasteiger partial charge in [0.15, 0.2) is 0 Å². The molecule has 0 saturated heterocycles. The molecule has 15 nitrogen and oxygen atoms in total. The van der Waals surface area contributed by atoms with Crippen molar-refractivity contribution in [3.05, 3.63) is 71.8 Å². The van der Waals surface area contributed by atoms with E-state index < -0.39 is 11.8 Å². The lowest BCUT2D eigenvalue weighted by Gasteiger charge is -2.04. The number of thiocarbonyl (C=S) groups is 1. The summed E-state index contributed by atoms with van der Waals surface area (Å²) in [6, 6.07) is 6.26. The highest BCUT2D eigenvalue weighted by Crippen LogP contribution is 2.21. The Kier molecular flexibility index (Phi) is 9.33. The number of nitrogens with one attached hydrogen (secondary N) is 6. The molecule has 0 aliphatic carbocycles. The maximum absolute atomic E-state index is 13.1. The Labute approximate surface area is 257 Å². The zero-order valence-corrected chi connectivity index (χ0v) is 25.3. The molecule has 230 valence electrons. The fourth-order valence-electron chi connectivity index (χ4n) is 4.50. The number of hydrogen-bond donors (Lipinski definition) is 7. The smallest absolute Gasteiger partial charge is 0.272 e. The zero-order valence-electron chi connectivity index (χ0n) is 24.5. The summed E-state index contributed by atoms with van der Waals surface area (Å²) in [6.07, 6.45) is 6.77. The number of amidine groups is 1. The number of nitrogens with zero attached hydrogens (tertiary/aromatic N) is 4. The molecule has 4 rings (SSSR count). The van der Waals surface area contributed by atoms with Crippen LogP contribution in [0.1, 0.15) is 48.4 Å². The van der Waals surface area contributed by atoms with Gasteiger partial charge in [0.05, 0.1) is 34.1 Å². The second-order valence-electron chi connectivity index (χ2n) is 10.1. The van der Waals surface area contributed by atoms with Gasteiger partial charge in [-0.3, -0.25) is 24.6 Å². The summed E-state index contributed by atoms with van der Waals surface area (Å²) in [5.74, 6) is -1.65.